The molecule has 0 aliphatic carbocycles. The number of benzene rings is 3. The minimum atomic E-state index is -5.72. The summed E-state index contributed by atoms with van der Waals surface area (Å²) in [5.41, 5.74) is -4.50. The standard InChI is InChI=1S/C17H9F3O4S.C2H6/c18-17(19,20)25(21,22)24-11-6-8-15-14(9-11)13-7-5-10-3-1-2-4-12(10)16(13)23-15;1-2/h1-9H;1-2H3. The van der Waals surface area contributed by atoms with E-state index in [0.29, 0.717) is 21.9 Å². The number of furan rings is 1. The van der Waals surface area contributed by atoms with E-state index in [1.165, 1.54) is 12.1 Å². The fourth-order valence-corrected chi connectivity index (χ4v) is 3.16. The van der Waals surface area contributed by atoms with Gasteiger partial charge in [-0.3, -0.25) is 0 Å². The van der Waals surface area contributed by atoms with Gasteiger partial charge in [-0.2, -0.15) is 21.6 Å². The number of hydrogen-bond donors (Lipinski definition) is 0. The van der Waals surface area contributed by atoms with Crippen molar-refractivity contribution in [2.24, 2.45) is 0 Å². The average molecular weight is 396 g/mol. The Labute approximate surface area is 153 Å². The van der Waals surface area contributed by atoms with E-state index in [1.54, 1.807) is 6.07 Å². The molecule has 8 heteroatoms. The van der Waals surface area contributed by atoms with E-state index in [0.717, 1.165) is 16.8 Å². The Morgan fingerprint density at radius 3 is 2.30 bits per heavy atom. The molecular formula is C19H15F3O4S. The van der Waals surface area contributed by atoms with Gasteiger partial charge in [-0.15, -0.1) is 0 Å². The van der Waals surface area contributed by atoms with Crippen molar-refractivity contribution < 1.29 is 30.2 Å². The highest BCUT2D eigenvalue weighted by Gasteiger charge is 2.48. The summed E-state index contributed by atoms with van der Waals surface area (Å²) in [5.74, 6) is -0.430. The fourth-order valence-electron chi connectivity index (χ4n) is 2.71. The maximum absolute atomic E-state index is 12.5. The fraction of sp³-hybridized carbons (Fsp3) is 0.158. The molecule has 0 bridgehead atoms. The van der Waals surface area contributed by atoms with Gasteiger partial charge in [-0.25, -0.2) is 0 Å². The smallest absolute Gasteiger partial charge is 0.455 e. The van der Waals surface area contributed by atoms with Crippen molar-refractivity contribution in [2.45, 2.75) is 19.4 Å². The average Bonchev–Trinajstić information content (AvgIpc) is 3.00. The third-order valence-corrected chi connectivity index (χ3v) is 4.80. The molecule has 4 nitrogen and oxygen atoms in total. The molecule has 27 heavy (non-hydrogen) atoms. The van der Waals surface area contributed by atoms with Gasteiger partial charge in [0.05, 0.1) is 0 Å². The van der Waals surface area contributed by atoms with Gasteiger partial charge in [0.2, 0.25) is 0 Å². The third kappa shape index (κ3) is 3.32. The van der Waals surface area contributed by atoms with Crippen LogP contribution in [-0.2, 0) is 10.1 Å². The van der Waals surface area contributed by atoms with Gasteiger partial charge in [0.25, 0.3) is 0 Å². The maximum atomic E-state index is 12.5. The monoisotopic (exact) mass is 396 g/mol. The summed E-state index contributed by atoms with van der Waals surface area (Å²) in [6.07, 6.45) is 0. The van der Waals surface area contributed by atoms with Crippen molar-refractivity contribution >= 4 is 42.8 Å². The topological polar surface area (TPSA) is 56.5 Å². The summed E-state index contributed by atoms with van der Waals surface area (Å²) in [4.78, 5) is 0. The van der Waals surface area contributed by atoms with Crippen molar-refractivity contribution in [3.8, 4) is 5.75 Å². The van der Waals surface area contributed by atoms with Gasteiger partial charge in [-0.1, -0.05) is 44.2 Å². The summed E-state index contributed by atoms with van der Waals surface area (Å²) < 4.78 is 69.7. The van der Waals surface area contributed by atoms with Crippen LogP contribution in [0.3, 0.4) is 0 Å². The first-order chi connectivity index (χ1) is 12.8. The van der Waals surface area contributed by atoms with Gasteiger partial charge in [0.1, 0.15) is 16.9 Å². The number of fused-ring (bicyclic) bond motifs is 5. The molecule has 142 valence electrons. The lowest BCUT2D eigenvalue weighted by Gasteiger charge is -2.09. The lowest BCUT2D eigenvalue weighted by atomic mass is 10.1. The molecule has 4 aromatic rings. The van der Waals surface area contributed by atoms with Crippen LogP contribution >= 0.6 is 0 Å². The minimum absolute atomic E-state index is 0.420. The molecule has 0 fully saturated rings. The Morgan fingerprint density at radius 1 is 0.889 bits per heavy atom. The lowest BCUT2D eigenvalue weighted by molar-refractivity contribution is -0.0500. The molecule has 0 saturated heterocycles. The second-order valence-electron chi connectivity index (χ2n) is 5.41. The van der Waals surface area contributed by atoms with E-state index in [9.17, 15) is 21.6 Å². The molecule has 0 aliphatic rings. The molecule has 0 radical (unpaired) electrons. The molecule has 0 unspecified atom stereocenters. The highest BCUT2D eigenvalue weighted by atomic mass is 32.2. The first-order valence-electron chi connectivity index (χ1n) is 8.11. The van der Waals surface area contributed by atoms with Crippen LogP contribution in [0.2, 0.25) is 0 Å². The van der Waals surface area contributed by atoms with Gasteiger partial charge < -0.3 is 8.60 Å². The van der Waals surface area contributed by atoms with E-state index in [2.05, 4.69) is 4.18 Å². The number of halogens is 3. The zero-order chi connectivity index (χ0) is 19.8. The first-order valence-corrected chi connectivity index (χ1v) is 9.52. The summed E-state index contributed by atoms with van der Waals surface area (Å²) in [7, 11) is -5.72. The third-order valence-electron chi connectivity index (χ3n) is 3.82. The quantitative estimate of drug-likeness (QED) is 0.308. The van der Waals surface area contributed by atoms with Crippen molar-refractivity contribution in [3.63, 3.8) is 0 Å². The van der Waals surface area contributed by atoms with Crippen molar-refractivity contribution in [3.05, 3.63) is 54.6 Å². The van der Waals surface area contributed by atoms with Crippen molar-refractivity contribution in [2.75, 3.05) is 0 Å². The highest BCUT2D eigenvalue weighted by Crippen LogP contribution is 2.36. The summed E-state index contributed by atoms with van der Waals surface area (Å²) in [6.45, 7) is 4.00. The van der Waals surface area contributed by atoms with Crippen molar-refractivity contribution in [1.82, 2.24) is 0 Å². The van der Waals surface area contributed by atoms with Crippen molar-refractivity contribution in [1.29, 1.82) is 0 Å². The van der Waals surface area contributed by atoms with Gasteiger partial charge >= 0.3 is 15.6 Å². The van der Waals surface area contributed by atoms with Crippen LogP contribution in [0.25, 0.3) is 32.7 Å². The maximum Gasteiger partial charge on any atom is 0.534 e. The predicted molar refractivity (Wildman–Crippen MR) is 98.2 cm³/mol. The van der Waals surface area contributed by atoms with E-state index in [4.69, 9.17) is 4.42 Å². The SMILES string of the molecule is CC.O=S(=O)(Oc1ccc2oc3c4ccccc4ccc3c2c1)C(F)(F)F. The van der Waals surface area contributed by atoms with E-state index in [-0.39, 0.29) is 0 Å². The van der Waals surface area contributed by atoms with E-state index < -0.39 is 21.4 Å². The molecule has 0 amide bonds. The van der Waals surface area contributed by atoms with Crippen LogP contribution in [0.4, 0.5) is 13.2 Å². The van der Waals surface area contributed by atoms with Crippen LogP contribution in [0.15, 0.2) is 59.0 Å². The van der Waals surface area contributed by atoms with Crippen LogP contribution in [-0.4, -0.2) is 13.9 Å². The second-order valence-corrected chi connectivity index (χ2v) is 6.94. The molecule has 3 aromatic carbocycles. The number of rotatable bonds is 2. The zero-order valence-corrected chi connectivity index (χ0v) is 15.2. The summed E-state index contributed by atoms with van der Waals surface area (Å²) in [6, 6.07) is 14.8. The van der Waals surface area contributed by atoms with Crippen LogP contribution in [0.1, 0.15) is 13.8 Å². The normalized spacial score (nSPS) is 12.2. The molecule has 0 N–H and O–H groups in total. The Balaban J connectivity index is 0.00000102. The molecule has 0 spiro atoms. The van der Waals surface area contributed by atoms with Crippen LogP contribution in [0, 0.1) is 0 Å². The Hall–Kier alpha value is -2.74. The molecular weight excluding hydrogens is 381 g/mol. The predicted octanol–water partition coefficient (Wildman–Crippen LogP) is 5.99. The van der Waals surface area contributed by atoms with E-state index in [1.807, 2.05) is 44.2 Å². The Kier molecular flexibility index (Phi) is 4.77. The molecule has 0 saturated carbocycles. The first kappa shape index (κ1) is 19.0. The number of alkyl halides is 3. The Morgan fingerprint density at radius 2 is 1.59 bits per heavy atom. The van der Waals surface area contributed by atoms with E-state index >= 15 is 0 Å². The number of hydrogen-bond acceptors (Lipinski definition) is 4. The molecule has 1 heterocycles. The van der Waals surface area contributed by atoms with Gasteiger partial charge in [-0.05, 0) is 29.7 Å². The molecule has 0 atom stereocenters. The summed E-state index contributed by atoms with van der Waals surface area (Å²) >= 11 is 0. The largest absolute Gasteiger partial charge is 0.534 e. The Bertz CT molecular complexity index is 1220. The lowest BCUT2D eigenvalue weighted by Crippen LogP contribution is -2.28. The molecule has 0 aliphatic heterocycles. The minimum Gasteiger partial charge on any atom is -0.455 e. The van der Waals surface area contributed by atoms with Crippen LogP contribution in [0.5, 0.6) is 5.75 Å². The van der Waals surface area contributed by atoms with Gasteiger partial charge in [0.15, 0.2) is 0 Å². The zero-order valence-electron chi connectivity index (χ0n) is 14.4. The van der Waals surface area contributed by atoms with Gasteiger partial charge in [0, 0.05) is 16.2 Å². The second kappa shape index (κ2) is 6.77. The molecule has 4 rings (SSSR count). The highest BCUT2D eigenvalue weighted by molar-refractivity contribution is 7.88. The summed E-state index contributed by atoms with van der Waals surface area (Å²) in [5, 5.41) is 2.92. The van der Waals surface area contributed by atoms with Crippen LogP contribution < -0.4 is 4.18 Å². The molecule has 1 aromatic heterocycles.